The van der Waals surface area contributed by atoms with Crippen LogP contribution in [0.5, 0.6) is 5.75 Å². The number of hydrogen-bond acceptors (Lipinski definition) is 24. The maximum atomic E-state index is 14.3. The molecule has 0 spiro atoms. The molecule has 3 aromatic carbocycles. The van der Waals surface area contributed by atoms with Crippen LogP contribution in [0.2, 0.25) is 0 Å². The summed E-state index contributed by atoms with van der Waals surface area (Å²) in [5.74, 6) is -3.23. The average molecular weight is 1500 g/mol. The van der Waals surface area contributed by atoms with E-state index in [0.717, 1.165) is 22.1 Å². The van der Waals surface area contributed by atoms with Gasteiger partial charge >= 0.3 is 18.2 Å². The number of benzene rings is 3. The fourth-order valence-corrected chi connectivity index (χ4v) is 11.6. The van der Waals surface area contributed by atoms with E-state index in [-0.39, 0.29) is 100 Å². The topological polar surface area (TPSA) is 389 Å². The number of cyclic esters (lactones) is 1. The number of rotatable bonds is 53. The zero-order chi connectivity index (χ0) is 77.3. The number of nitrogens with zero attached hydrogens (tertiary/aromatic N) is 7. The number of azide groups is 1. The van der Waals surface area contributed by atoms with Gasteiger partial charge < -0.3 is 97.6 Å². The predicted molar refractivity (Wildman–Crippen MR) is 392 cm³/mol. The molecule has 4 heterocycles. The van der Waals surface area contributed by atoms with Crippen molar-refractivity contribution in [3.05, 3.63) is 133 Å². The maximum Gasteiger partial charge on any atom is 0.415 e. The standard InChI is InChI=1S/C75H103N11O21/c1-6-58-59-46-57(21-22-63(59)82-69-60(58)48-86-65(69)47-62-61(71(86)91)50-105-72(92)75(62,95)7-2)107-74(94)85(5)27-26-84(4)73(93)106-49-54-17-19-56(20-18-54)80-70(90)55(16-12-13-23-77-8-3)45-66(87)64(44-53-14-10-9-11-15-53)81-68(89)52-104-51-67(88)78-24-28-96-30-32-98-34-36-100-38-40-102-42-43-103-41-39-101-37-35-99-33-31-97-29-25-79-83-76/h9-11,14-15,17-22,46-47,55,64,77,95H,6-8,12-13,16,23-45,48-52H2,1-5H3,(H,78,88)(H,80,90)(H,81,89)/t55?,64?,75-/m0/s1/i3T. The molecule has 3 atom stereocenters. The molecule has 584 valence electrons. The molecule has 5 aromatic rings. The van der Waals surface area contributed by atoms with Gasteiger partial charge in [-0.25, -0.2) is 19.4 Å². The third-order valence-electron chi connectivity index (χ3n) is 17.5. The smallest absolute Gasteiger partial charge is 0.415 e. The van der Waals surface area contributed by atoms with Crippen LogP contribution >= 0.6 is 0 Å². The van der Waals surface area contributed by atoms with Crippen LogP contribution in [0.3, 0.4) is 0 Å². The zero-order valence-electron chi connectivity index (χ0n) is 62.7. The molecule has 32 heteroatoms. The Kier molecular flexibility index (Phi) is 36.7. The van der Waals surface area contributed by atoms with Crippen molar-refractivity contribution < 1.29 is 96.9 Å². The molecule has 5 amide bonds. The third kappa shape index (κ3) is 27.9. The summed E-state index contributed by atoms with van der Waals surface area (Å²) < 4.78 is 74.7. The van der Waals surface area contributed by atoms with E-state index in [1.54, 1.807) is 60.0 Å². The number of hydrogen-bond donors (Lipinski definition) is 5. The minimum absolute atomic E-state index is 0.0220. The molecular formula is C75H103N11O21. The summed E-state index contributed by atoms with van der Waals surface area (Å²) in [5, 5.41) is 27.0. The maximum absolute atomic E-state index is 14.3. The number of carbonyl (C=O) groups is 7. The highest BCUT2D eigenvalue weighted by molar-refractivity contribution is 5.98. The molecule has 2 aromatic heterocycles. The van der Waals surface area contributed by atoms with Crippen LogP contribution in [0.4, 0.5) is 15.3 Å². The molecule has 0 bridgehead atoms. The Morgan fingerprint density at radius 3 is 1.96 bits per heavy atom. The lowest BCUT2D eigenvalue weighted by atomic mass is 9.86. The van der Waals surface area contributed by atoms with Crippen molar-refractivity contribution in [3.8, 4) is 17.1 Å². The number of fused-ring (bicyclic) bond motifs is 5. The number of pyridine rings is 2. The minimum Gasteiger partial charge on any atom is -0.458 e. The van der Waals surface area contributed by atoms with Crippen molar-refractivity contribution in [1.82, 2.24) is 35.3 Å². The number of Topliss-reactive ketones (excluding diaryl/α,β-unsaturated/α-hetero) is 1. The van der Waals surface area contributed by atoms with Crippen LogP contribution < -0.4 is 31.6 Å². The number of nitrogens with one attached hydrogen (secondary N) is 4. The Bertz CT molecular complexity index is 3800. The first-order valence-electron chi connectivity index (χ1n) is 36.8. The van der Waals surface area contributed by atoms with Crippen molar-refractivity contribution in [1.29, 1.82) is 0 Å². The molecule has 107 heavy (non-hydrogen) atoms. The van der Waals surface area contributed by atoms with E-state index in [1.165, 1.54) is 23.9 Å². The number of carbonyl (C=O) groups excluding carboxylic acids is 7. The van der Waals surface area contributed by atoms with Crippen molar-refractivity contribution in [2.75, 3.05) is 178 Å². The quantitative estimate of drug-likeness (QED) is 0.00969. The second kappa shape index (κ2) is 46.9. The molecule has 0 radical (unpaired) electrons. The molecule has 0 saturated heterocycles. The summed E-state index contributed by atoms with van der Waals surface area (Å²) >= 11 is 0. The molecule has 32 nitrogen and oxygen atoms in total. The van der Waals surface area contributed by atoms with Crippen LogP contribution in [-0.2, 0) is 114 Å². The van der Waals surface area contributed by atoms with Crippen molar-refractivity contribution in [3.63, 3.8) is 0 Å². The monoisotopic (exact) mass is 1500 g/mol. The third-order valence-corrected chi connectivity index (χ3v) is 17.5. The van der Waals surface area contributed by atoms with Gasteiger partial charge in [0.25, 0.3) is 5.56 Å². The van der Waals surface area contributed by atoms with Gasteiger partial charge in [-0.2, -0.15) is 0 Å². The van der Waals surface area contributed by atoms with E-state index >= 15 is 0 Å². The number of unbranched alkanes of at least 4 members (excludes halogenated alkanes) is 1. The lowest BCUT2D eigenvalue weighted by Crippen LogP contribution is -2.45. The summed E-state index contributed by atoms with van der Waals surface area (Å²) in [6.45, 7) is 10.8. The fraction of sp³-hybridized carbons (Fsp3) is 0.560. The first-order chi connectivity index (χ1) is 52.5. The molecule has 0 aliphatic carbocycles. The summed E-state index contributed by atoms with van der Waals surface area (Å²) in [6.07, 6.45) is 0.804. The number of ketones is 1. The summed E-state index contributed by atoms with van der Waals surface area (Å²) in [4.78, 5) is 118. The highest BCUT2D eigenvalue weighted by Crippen LogP contribution is 2.41. The predicted octanol–water partition coefficient (Wildman–Crippen LogP) is 5.94. The van der Waals surface area contributed by atoms with Gasteiger partial charge in [0.15, 0.2) is 11.4 Å². The first kappa shape index (κ1) is 83.6. The van der Waals surface area contributed by atoms with Crippen LogP contribution in [0.25, 0.3) is 32.7 Å². The van der Waals surface area contributed by atoms with Crippen LogP contribution in [0.1, 0.15) is 87.6 Å². The zero-order valence-corrected chi connectivity index (χ0v) is 61.7. The molecule has 5 N–H and O–H groups in total. The number of amides is 5. The highest BCUT2D eigenvalue weighted by atomic mass is 16.6. The Labute approximate surface area is 624 Å². The van der Waals surface area contributed by atoms with E-state index in [0.29, 0.717) is 173 Å². The Hall–Kier alpha value is -9.02. The van der Waals surface area contributed by atoms with Crippen LogP contribution in [0, 0.1) is 5.92 Å². The number of aryl methyl sites for hydroxylation is 1. The molecular weight excluding hydrogens is 1390 g/mol. The van der Waals surface area contributed by atoms with Gasteiger partial charge in [-0.15, -0.1) is 0 Å². The van der Waals surface area contributed by atoms with E-state index < -0.39 is 66.7 Å². The van der Waals surface area contributed by atoms with Gasteiger partial charge in [0.2, 0.25) is 17.7 Å². The number of aliphatic hydroxyl groups is 1. The number of aromatic nitrogens is 2. The number of ether oxygens (including phenoxy) is 12. The summed E-state index contributed by atoms with van der Waals surface area (Å²) in [7, 11) is 3.07. The molecule has 2 aliphatic heterocycles. The van der Waals surface area contributed by atoms with Crippen LogP contribution in [0.15, 0.2) is 88.8 Å². The van der Waals surface area contributed by atoms with E-state index in [4.69, 9.17) is 68.7 Å². The largest absolute Gasteiger partial charge is 0.458 e. The van der Waals surface area contributed by atoms with Gasteiger partial charge in [0.1, 0.15) is 32.2 Å². The normalized spacial score (nSPS) is 14.1. The minimum atomic E-state index is -1.96. The van der Waals surface area contributed by atoms with Gasteiger partial charge in [-0.3, -0.25) is 24.0 Å². The Morgan fingerprint density at radius 1 is 0.729 bits per heavy atom. The van der Waals surface area contributed by atoms with E-state index in [2.05, 4.69) is 31.3 Å². The van der Waals surface area contributed by atoms with E-state index in [1.807, 2.05) is 37.3 Å². The SMILES string of the molecule is [3H]CCNCCCCC(CC(=O)C(Cc1ccccc1)NC(=O)COCC(=O)NCCOCCOCCOCCOCCOCCOCCOCCOCCN=[N+]=[N-])C(=O)Nc1ccc(COC(=O)N(C)CCN(C)C(=O)Oc2ccc3nc4c(c(CC)c3c2)Cn2c-4cc3c(c2=O)COC(=O)[C@]3(O)CC)cc1. The fourth-order valence-electron chi connectivity index (χ4n) is 11.6. The van der Waals surface area contributed by atoms with Gasteiger partial charge in [-0.05, 0) is 104 Å². The summed E-state index contributed by atoms with van der Waals surface area (Å²) in [6, 6.07) is 21.5. The van der Waals surface area contributed by atoms with E-state index in [9.17, 15) is 43.5 Å². The number of anilines is 1. The molecule has 0 saturated carbocycles. The average Bonchev–Trinajstić information content (AvgIpc) is 1.53. The molecule has 2 unspecified atom stereocenters. The molecule has 0 fully saturated rings. The highest BCUT2D eigenvalue weighted by Gasteiger charge is 2.45. The second-order valence-corrected chi connectivity index (χ2v) is 25.1. The molecule has 2 aliphatic rings. The van der Waals surface area contributed by atoms with Crippen LogP contribution in [-0.4, -0.2) is 244 Å². The lowest BCUT2D eigenvalue weighted by Gasteiger charge is -2.31. The van der Waals surface area contributed by atoms with Gasteiger partial charge in [0, 0.05) is 81.1 Å². The first-order valence-corrected chi connectivity index (χ1v) is 36.1. The second-order valence-electron chi connectivity index (χ2n) is 25.1. The Morgan fingerprint density at radius 2 is 1.35 bits per heavy atom. The number of likely N-dealkylation sites (N-methyl/N-ethyl adjacent to an activating group) is 2. The van der Waals surface area contributed by atoms with Gasteiger partial charge in [-0.1, -0.05) is 74.7 Å². The van der Waals surface area contributed by atoms with Gasteiger partial charge in [0.05, 0.1) is 141 Å². The van der Waals surface area contributed by atoms with Crippen molar-refractivity contribution in [2.24, 2.45) is 11.0 Å². The molecule has 7 rings (SSSR count). The Balaban J connectivity index is 0.771. The van der Waals surface area contributed by atoms with Crippen molar-refractivity contribution >= 4 is 58.3 Å². The lowest BCUT2D eigenvalue weighted by molar-refractivity contribution is -0.172. The van der Waals surface area contributed by atoms with Crippen molar-refractivity contribution in [2.45, 2.75) is 97.1 Å². The summed E-state index contributed by atoms with van der Waals surface area (Å²) in [5.41, 5.74) is 11.5. The number of esters is 1.